The number of allylic oxidation sites excluding steroid dienone is 16. The fourth-order valence-corrected chi connectivity index (χ4v) is 9.14. The van der Waals surface area contributed by atoms with Gasteiger partial charge in [-0.2, -0.15) is 0 Å². The van der Waals surface area contributed by atoms with Crippen molar-refractivity contribution in [2.24, 2.45) is 0 Å². The van der Waals surface area contributed by atoms with Gasteiger partial charge in [-0.1, -0.05) is 201 Å². The van der Waals surface area contributed by atoms with Gasteiger partial charge in [-0.25, -0.2) is 0 Å². The van der Waals surface area contributed by atoms with Crippen molar-refractivity contribution in [2.45, 2.75) is 274 Å². The Labute approximate surface area is 477 Å². The Morgan fingerprint density at radius 3 is 1.30 bits per heavy atom. The first-order chi connectivity index (χ1) is 38.6. The van der Waals surface area contributed by atoms with E-state index in [4.69, 9.17) is 28.4 Å². The van der Waals surface area contributed by atoms with Gasteiger partial charge in [0.25, 0.3) is 0 Å². The molecule has 11 unspecified atom stereocenters. The summed E-state index contributed by atoms with van der Waals surface area (Å²) in [6, 6.07) is 0. The Hall–Kier alpha value is -3.09. The summed E-state index contributed by atoms with van der Waals surface area (Å²) >= 11 is 0. The molecule has 2 aliphatic heterocycles. The fraction of sp³-hybridized carbons (Fsp3) is 0.738. The number of hydrogen-bond acceptors (Lipinski definition) is 14. The lowest BCUT2D eigenvalue weighted by atomic mass is 9.98. The van der Waals surface area contributed by atoms with E-state index >= 15 is 0 Å². The molecule has 0 saturated carbocycles. The van der Waals surface area contributed by atoms with Crippen LogP contribution in [0.4, 0.5) is 0 Å². The summed E-state index contributed by atoms with van der Waals surface area (Å²) < 4.78 is 34.4. The number of esters is 1. The molecule has 0 amide bonds. The van der Waals surface area contributed by atoms with Crippen LogP contribution in [0, 0.1) is 0 Å². The van der Waals surface area contributed by atoms with Crippen LogP contribution in [0.2, 0.25) is 0 Å². The first-order valence-electron chi connectivity index (χ1n) is 30.8. The third-order valence-electron chi connectivity index (χ3n) is 14.1. The lowest BCUT2D eigenvalue weighted by molar-refractivity contribution is -0.332. The molecular formula is C65H110O14. The highest BCUT2D eigenvalue weighted by molar-refractivity contribution is 5.69. The van der Waals surface area contributed by atoms with Gasteiger partial charge in [0.15, 0.2) is 12.6 Å². The van der Waals surface area contributed by atoms with Gasteiger partial charge in [0.2, 0.25) is 0 Å². The molecule has 2 saturated heterocycles. The first-order valence-corrected chi connectivity index (χ1v) is 30.8. The molecule has 0 aromatic carbocycles. The Kier molecular flexibility index (Phi) is 46.1. The summed E-state index contributed by atoms with van der Waals surface area (Å²) in [6.07, 6.45) is 51.8. The minimum absolute atomic E-state index is 0.0415. The maximum atomic E-state index is 13.1. The Morgan fingerprint density at radius 1 is 0.430 bits per heavy atom. The maximum absolute atomic E-state index is 13.1. The number of carbonyl (C=O) groups is 1. The smallest absolute Gasteiger partial charge is 0.306 e. The van der Waals surface area contributed by atoms with Gasteiger partial charge in [-0.15, -0.1) is 0 Å². The molecule has 2 heterocycles. The zero-order valence-corrected chi connectivity index (χ0v) is 48.8. The van der Waals surface area contributed by atoms with Gasteiger partial charge in [0.05, 0.1) is 26.4 Å². The van der Waals surface area contributed by atoms with Crippen molar-refractivity contribution in [2.75, 3.05) is 33.0 Å². The monoisotopic (exact) mass is 1110 g/mol. The summed E-state index contributed by atoms with van der Waals surface area (Å²) in [5.41, 5.74) is 0. The number of carbonyl (C=O) groups excluding carboxylic acids is 1. The minimum atomic E-state index is -1.72. The number of unbranched alkanes of at least 4 members (excludes halogenated alkanes) is 19. The molecule has 14 nitrogen and oxygen atoms in total. The van der Waals surface area contributed by atoms with Crippen LogP contribution >= 0.6 is 0 Å². The van der Waals surface area contributed by atoms with Crippen LogP contribution in [0.5, 0.6) is 0 Å². The van der Waals surface area contributed by atoms with E-state index in [1.54, 1.807) is 0 Å². The van der Waals surface area contributed by atoms with Crippen molar-refractivity contribution in [1.29, 1.82) is 0 Å². The largest absolute Gasteiger partial charge is 0.457 e. The van der Waals surface area contributed by atoms with Crippen molar-refractivity contribution in [3.63, 3.8) is 0 Å². The molecule has 2 aliphatic rings. The summed E-state index contributed by atoms with van der Waals surface area (Å²) in [5, 5.41) is 72.4. The van der Waals surface area contributed by atoms with Crippen LogP contribution in [0.3, 0.4) is 0 Å². The molecule has 2 rings (SSSR count). The molecule has 7 N–H and O–H groups in total. The van der Waals surface area contributed by atoms with Crippen molar-refractivity contribution in [1.82, 2.24) is 0 Å². The van der Waals surface area contributed by atoms with Crippen molar-refractivity contribution in [3.05, 3.63) is 97.2 Å². The van der Waals surface area contributed by atoms with E-state index < -0.39 is 86.7 Å². The molecule has 0 spiro atoms. The lowest BCUT2D eigenvalue weighted by Gasteiger charge is -2.42. The lowest BCUT2D eigenvalue weighted by Crippen LogP contribution is -2.61. The van der Waals surface area contributed by atoms with E-state index in [1.165, 1.54) is 96.3 Å². The van der Waals surface area contributed by atoms with Gasteiger partial charge in [0.1, 0.15) is 54.9 Å². The highest BCUT2D eigenvalue weighted by Crippen LogP contribution is 2.27. The zero-order valence-electron chi connectivity index (χ0n) is 48.8. The van der Waals surface area contributed by atoms with Gasteiger partial charge in [-0.05, 0) is 96.3 Å². The molecular weight excluding hydrogens is 1000 g/mol. The van der Waals surface area contributed by atoms with Crippen LogP contribution < -0.4 is 0 Å². The van der Waals surface area contributed by atoms with Crippen LogP contribution in [0.25, 0.3) is 0 Å². The average molecular weight is 1120 g/mol. The Balaban J connectivity index is 1.72. The minimum Gasteiger partial charge on any atom is -0.457 e. The van der Waals surface area contributed by atoms with Gasteiger partial charge in [0, 0.05) is 13.0 Å². The third kappa shape index (κ3) is 36.9. The molecule has 14 heteroatoms. The molecule has 0 aromatic rings. The summed E-state index contributed by atoms with van der Waals surface area (Å²) in [6.45, 7) is 3.53. The van der Waals surface area contributed by atoms with Gasteiger partial charge in [-0.3, -0.25) is 4.79 Å². The number of aliphatic hydroxyl groups excluding tert-OH is 7. The summed E-state index contributed by atoms with van der Waals surface area (Å²) in [4.78, 5) is 13.1. The molecule has 0 radical (unpaired) electrons. The SMILES string of the molecule is CC/C=C\C/C=C\C/C=C\C/C=C\C/C=C\C/C=C\C/C=C\CCCCCC(=O)OC(COCCCCCCCCCCCC/C=C\CCCCCCCC)COC1OC(COC2OC(CO)C(O)C(O)C2O)C(O)C(O)C1O. The number of rotatable bonds is 49. The second kappa shape index (κ2) is 50.6. The average Bonchev–Trinajstić information content (AvgIpc) is 3.46. The van der Waals surface area contributed by atoms with E-state index in [0.717, 1.165) is 83.5 Å². The molecule has 0 aromatic heterocycles. The summed E-state index contributed by atoms with van der Waals surface area (Å²) in [5.74, 6) is -0.410. The Bertz CT molecular complexity index is 1670. The van der Waals surface area contributed by atoms with Crippen LogP contribution in [0.1, 0.15) is 206 Å². The van der Waals surface area contributed by atoms with Gasteiger partial charge >= 0.3 is 5.97 Å². The highest BCUT2D eigenvalue weighted by Gasteiger charge is 2.47. The molecule has 2 fully saturated rings. The van der Waals surface area contributed by atoms with Gasteiger partial charge < -0.3 is 64.2 Å². The maximum Gasteiger partial charge on any atom is 0.306 e. The van der Waals surface area contributed by atoms with E-state index in [-0.39, 0.29) is 19.6 Å². The molecule has 0 bridgehead atoms. The van der Waals surface area contributed by atoms with Crippen LogP contribution in [-0.2, 0) is 33.2 Å². The predicted octanol–water partition coefficient (Wildman–Crippen LogP) is 11.7. The second-order valence-corrected chi connectivity index (χ2v) is 21.1. The number of ether oxygens (including phenoxy) is 6. The number of hydrogen-bond donors (Lipinski definition) is 7. The molecule has 79 heavy (non-hydrogen) atoms. The quantitative estimate of drug-likeness (QED) is 0.0172. The fourth-order valence-electron chi connectivity index (χ4n) is 9.14. The molecule has 454 valence electrons. The second-order valence-electron chi connectivity index (χ2n) is 21.1. The van der Waals surface area contributed by atoms with Crippen molar-refractivity contribution >= 4 is 5.97 Å². The van der Waals surface area contributed by atoms with E-state index in [1.807, 2.05) is 0 Å². The van der Waals surface area contributed by atoms with E-state index in [9.17, 15) is 40.5 Å². The van der Waals surface area contributed by atoms with Crippen molar-refractivity contribution < 1.29 is 69.0 Å². The standard InChI is InChI=1S/C65H110O14/c1-3-5-7-9-11-13-15-17-19-21-23-25-26-27-28-29-30-32-34-36-38-40-42-44-46-48-57(67)77-54(51-74-49-47-45-43-41-39-37-35-33-31-24-22-20-18-16-14-12-10-8-6-4-2)52-75-64-63(73)61(71)59(69)56(79-64)53-76-65-62(72)60(70)58(68)55(50-66)78-65/h5,7,11,13,17-20,23,25,27-28,30,32,36,38,54-56,58-66,68-73H,3-4,6,8-10,12,14-16,21-22,24,26,29,31,33-35,37,39-53H2,1-2H3/b7-5-,13-11-,19-17-,20-18-,25-23-,28-27-,32-30-,38-36-. The number of aliphatic hydroxyl groups is 7. The molecule has 11 atom stereocenters. The Morgan fingerprint density at radius 2 is 0.823 bits per heavy atom. The third-order valence-corrected chi connectivity index (χ3v) is 14.1. The first kappa shape index (κ1) is 72.0. The van der Waals surface area contributed by atoms with Crippen LogP contribution in [0.15, 0.2) is 97.2 Å². The van der Waals surface area contributed by atoms with E-state index in [0.29, 0.717) is 13.0 Å². The summed E-state index contributed by atoms with van der Waals surface area (Å²) in [7, 11) is 0. The molecule has 0 aliphatic carbocycles. The van der Waals surface area contributed by atoms with Crippen LogP contribution in [-0.4, -0.2) is 142 Å². The van der Waals surface area contributed by atoms with E-state index in [2.05, 4.69) is 111 Å². The highest BCUT2D eigenvalue weighted by atomic mass is 16.7. The predicted molar refractivity (Wildman–Crippen MR) is 316 cm³/mol. The zero-order chi connectivity index (χ0) is 57.2. The topological polar surface area (TPSA) is 214 Å². The normalized spacial score (nSPS) is 24.7. The van der Waals surface area contributed by atoms with Crippen molar-refractivity contribution in [3.8, 4) is 0 Å².